The highest BCUT2D eigenvalue weighted by Gasteiger charge is 2.49. The number of carboxylic acid groups (broad SMARTS) is 1. The van der Waals surface area contributed by atoms with Crippen molar-refractivity contribution < 1.29 is 63.4 Å². The summed E-state index contributed by atoms with van der Waals surface area (Å²) >= 11 is 0. The number of rotatable bonds is 12. The van der Waals surface area contributed by atoms with Gasteiger partial charge in [-0.25, -0.2) is 4.79 Å². The third-order valence-electron chi connectivity index (χ3n) is 7.53. The number of aliphatic hydroxyl groups is 3. The van der Waals surface area contributed by atoms with E-state index in [-0.39, 0.29) is 44.0 Å². The van der Waals surface area contributed by atoms with Crippen LogP contribution in [-0.4, -0.2) is 118 Å². The van der Waals surface area contributed by atoms with Crippen LogP contribution in [0.5, 0.6) is 5.75 Å². The van der Waals surface area contributed by atoms with Gasteiger partial charge in [0.15, 0.2) is 6.10 Å². The molecule has 8 N–H and O–H groups in total. The van der Waals surface area contributed by atoms with E-state index in [4.69, 9.17) is 19.9 Å². The lowest BCUT2D eigenvalue weighted by Crippen LogP contribution is -2.61. The first kappa shape index (κ1) is 36.4. The molecule has 0 spiro atoms. The lowest BCUT2D eigenvalue weighted by molar-refractivity contribution is -0.271. The number of nitrogens with zero attached hydrogens (tertiary/aromatic N) is 1. The summed E-state index contributed by atoms with van der Waals surface area (Å²) in [6, 6.07) is 2.85. The molecule has 0 aromatic heterocycles. The SMILES string of the molecule is BC(=O)OCc1ccc(O[C@@H]2O[C@H](C(=O)O)[C@@H](O)[C@H](O)[C@H]2O)c(NC(=O)CCNC(=O)[C@H](CN)N2C(=O)CC(C(C)(C)C)C2=O)c1. The molecular weight excluding hydrogens is 611 g/mol. The molecule has 252 valence electrons. The maximum Gasteiger partial charge on any atom is 0.335 e. The van der Waals surface area contributed by atoms with Gasteiger partial charge in [0.1, 0.15) is 36.7 Å². The van der Waals surface area contributed by atoms with Crippen LogP contribution < -0.4 is 21.1 Å². The molecule has 0 radical (unpaired) electrons. The zero-order valence-corrected chi connectivity index (χ0v) is 25.8. The van der Waals surface area contributed by atoms with Crippen LogP contribution in [0.15, 0.2) is 18.2 Å². The molecule has 46 heavy (non-hydrogen) atoms. The Balaban J connectivity index is 1.70. The highest BCUT2D eigenvalue weighted by molar-refractivity contribution is 6.55. The van der Waals surface area contributed by atoms with Crippen molar-refractivity contribution in [3.8, 4) is 5.75 Å². The van der Waals surface area contributed by atoms with Crippen LogP contribution in [-0.2, 0) is 40.1 Å². The third-order valence-corrected chi connectivity index (χ3v) is 7.53. The zero-order chi connectivity index (χ0) is 34.5. The van der Waals surface area contributed by atoms with E-state index in [1.807, 2.05) is 20.8 Å². The number of aliphatic hydroxyl groups excluding tert-OH is 3. The quantitative estimate of drug-likeness (QED) is 0.0905. The molecule has 18 heteroatoms. The number of anilines is 1. The predicted octanol–water partition coefficient (Wildman–Crippen LogP) is -2.58. The fourth-order valence-electron chi connectivity index (χ4n) is 4.94. The van der Waals surface area contributed by atoms with Crippen LogP contribution >= 0.6 is 0 Å². The molecule has 1 aromatic carbocycles. The number of amides is 4. The highest BCUT2D eigenvalue weighted by Crippen LogP contribution is 2.36. The van der Waals surface area contributed by atoms with Gasteiger partial charge in [0.05, 0.1) is 11.6 Å². The molecule has 2 fully saturated rings. The predicted molar refractivity (Wildman–Crippen MR) is 159 cm³/mol. The Morgan fingerprint density at radius 1 is 1.13 bits per heavy atom. The average Bonchev–Trinajstić information content (AvgIpc) is 3.27. The molecule has 0 saturated carbocycles. The Morgan fingerprint density at radius 3 is 2.37 bits per heavy atom. The Morgan fingerprint density at radius 2 is 1.80 bits per heavy atom. The van der Waals surface area contributed by atoms with Crippen LogP contribution in [0, 0.1) is 11.3 Å². The van der Waals surface area contributed by atoms with Gasteiger partial charge in [0.2, 0.25) is 43.6 Å². The first-order valence-corrected chi connectivity index (χ1v) is 14.4. The minimum atomic E-state index is -1.95. The number of carboxylic acids is 1. The van der Waals surface area contributed by atoms with Crippen LogP contribution in [0.3, 0.4) is 0 Å². The molecule has 2 aliphatic heterocycles. The second kappa shape index (κ2) is 15.0. The lowest BCUT2D eigenvalue weighted by Gasteiger charge is -2.38. The van der Waals surface area contributed by atoms with Gasteiger partial charge in [-0.15, -0.1) is 0 Å². The number of carbonyl (C=O) groups is 6. The second-order valence-corrected chi connectivity index (χ2v) is 12.0. The van der Waals surface area contributed by atoms with Gasteiger partial charge in [0.25, 0.3) is 0 Å². The van der Waals surface area contributed by atoms with Crippen molar-refractivity contribution in [2.24, 2.45) is 17.1 Å². The van der Waals surface area contributed by atoms with Gasteiger partial charge in [-0.05, 0) is 23.1 Å². The maximum atomic E-state index is 12.9. The van der Waals surface area contributed by atoms with E-state index in [0.29, 0.717) is 5.56 Å². The van der Waals surface area contributed by atoms with E-state index in [0.717, 1.165) is 4.90 Å². The van der Waals surface area contributed by atoms with E-state index in [2.05, 4.69) is 10.6 Å². The molecule has 0 bridgehead atoms. The number of benzene rings is 1. The lowest BCUT2D eigenvalue weighted by atomic mass is 9.80. The summed E-state index contributed by atoms with van der Waals surface area (Å²) in [4.78, 5) is 74.9. The van der Waals surface area contributed by atoms with Crippen molar-refractivity contribution >= 4 is 49.0 Å². The van der Waals surface area contributed by atoms with Gasteiger partial charge in [-0.2, -0.15) is 0 Å². The average molecular weight is 650 g/mol. The molecule has 4 amide bonds. The summed E-state index contributed by atoms with van der Waals surface area (Å²) in [5.41, 5.74) is 5.60. The number of nitrogens with one attached hydrogen (secondary N) is 2. The highest BCUT2D eigenvalue weighted by atomic mass is 16.7. The number of hydrogen-bond acceptors (Lipinski definition) is 13. The monoisotopic (exact) mass is 650 g/mol. The zero-order valence-electron chi connectivity index (χ0n) is 25.8. The standard InChI is InChI=1S/C28H39BN4O13/c1-28(2,3)13-9-18(35)33(24(13)40)15(10-30)23(39)31-7-6-17(34)32-14-8-12(11-44-27(29)43)4-5-16(14)45-26-21(38)19(36)20(37)22(46-26)25(41)42/h4-5,8,13,15,19-22,26,36-38H,6-7,9-11,29-30H2,1-3H3,(H,31,39)(H,32,34)(H,41,42)/t13?,15-,19-,20-,21+,22-,26+/m0/s1. The molecule has 1 aromatic rings. The Kier molecular flexibility index (Phi) is 11.9. The van der Waals surface area contributed by atoms with Crippen LogP contribution in [0.25, 0.3) is 0 Å². The topological polar surface area (TPSA) is 264 Å². The number of imide groups is 1. The van der Waals surface area contributed by atoms with Gasteiger partial charge in [-0.1, -0.05) is 26.8 Å². The second-order valence-electron chi connectivity index (χ2n) is 12.0. The van der Waals surface area contributed by atoms with Crippen LogP contribution in [0.1, 0.15) is 39.2 Å². The molecule has 2 heterocycles. The van der Waals surface area contributed by atoms with E-state index in [9.17, 15) is 49.2 Å². The van der Waals surface area contributed by atoms with Crippen molar-refractivity contribution in [2.45, 2.75) is 77.0 Å². The van der Waals surface area contributed by atoms with Gasteiger partial charge in [0, 0.05) is 25.9 Å². The van der Waals surface area contributed by atoms with Crippen molar-refractivity contribution in [1.29, 1.82) is 0 Å². The van der Waals surface area contributed by atoms with Crippen LogP contribution in [0.2, 0.25) is 0 Å². The minimum absolute atomic E-state index is 0.0365. The number of nitrogens with two attached hydrogens (primary N) is 1. The molecular formula is C28H39BN4O13. The summed E-state index contributed by atoms with van der Waals surface area (Å²) < 4.78 is 15.7. The van der Waals surface area contributed by atoms with E-state index in [1.54, 1.807) is 0 Å². The fraction of sp³-hybridized carbons (Fsp3) is 0.571. The first-order valence-electron chi connectivity index (χ1n) is 14.4. The van der Waals surface area contributed by atoms with E-state index in [1.165, 1.54) is 26.0 Å². The molecule has 17 nitrogen and oxygen atoms in total. The first-order chi connectivity index (χ1) is 21.5. The molecule has 2 saturated heterocycles. The molecule has 0 aliphatic carbocycles. The number of hydrogen-bond donors (Lipinski definition) is 7. The molecule has 1 unspecified atom stereocenters. The molecule has 3 rings (SSSR count). The third kappa shape index (κ3) is 8.58. The molecule has 7 atom stereocenters. The van der Waals surface area contributed by atoms with Gasteiger partial charge < -0.3 is 51.0 Å². The molecule has 2 aliphatic rings. The Labute approximate surface area is 264 Å². The summed E-state index contributed by atoms with van der Waals surface area (Å²) in [6.45, 7) is 4.71. The van der Waals surface area contributed by atoms with Gasteiger partial charge >= 0.3 is 5.97 Å². The maximum absolute atomic E-state index is 12.9. The smallest absolute Gasteiger partial charge is 0.335 e. The Bertz CT molecular complexity index is 1350. The number of carbonyl (C=O) groups excluding carboxylic acids is 5. The largest absolute Gasteiger partial charge is 0.479 e. The number of aliphatic carboxylic acids is 1. The van der Waals surface area contributed by atoms with Crippen molar-refractivity contribution in [2.75, 3.05) is 18.4 Å². The van der Waals surface area contributed by atoms with Crippen molar-refractivity contribution in [3.05, 3.63) is 23.8 Å². The van der Waals surface area contributed by atoms with Crippen LogP contribution in [0.4, 0.5) is 10.5 Å². The summed E-state index contributed by atoms with van der Waals surface area (Å²) in [5, 5.41) is 44.8. The number of likely N-dealkylation sites (tertiary alicyclic amines) is 1. The fourth-order valence-corrected chi connectivity index (χ4v) is 4.94. The summed E-state index contributed by atoms with van der Waals surface area (Å²) in [7, 11) is 1.20. The normalized spacial score (nSPS) is 25.5. The van der Waals surface area contributed by atoms with E-state index < -0.39 is 83.5 Å². The van der Waals surface area contributed by atoms with Gasteiger partial charge in [-0.3, -0.25) is 28.9 Å². The van der Waals surface area contributed by atoms with Crippen molar-refractivity contribution in [1.82, 2.24) is 10.2 Å². The van der Waals surface area contributed by atoms with Crippen molar-refractivity contribution in [3.63, 3.8) is 0 Å². The Hall–Kier alpha value is -4.10. The minimum Gasteiger partial charge on any atom is -0.479 e. The van der Waals surface area contributed by atoms with E-state index >= 15 is 0 Å². The summed E-state index contributed by atoms with van der Waals surface area (Å²) in [5.74, 6) is -5.35. The number of ether oxygens (including phenoxy) is 3. The summed E-state index contributed by atoms with van der Waals surface area (Å²) in [6.07, 6.45) is -9.84.